The highest BCUT2D eigenvalue weighted by atomic mass is 16.5. The monoisotopic (exact) mass is 314 g/mol. The van der Waals surface area contributed by atoms with Gasteiger partial charge in [-0.3, -0.25) is 4.79 Å². The molecule has 23 heavy (non-hydrogen) atoms. The van der Waals surface area contributed by atoms with E-state index in [4.69, 9.17) is 9.15 Å². The Labute approximate surface area is 134 Å². The zero-order valence-electron chi connectivity index (χ0n) is 13.0. The van der Waals surface area contributed by atoms with Crippen LogP contribution in [0.1, 0.15) is 23.2 Å². The van der Waals surface area contributed by atoms with Gasteiger partial charge >= 0.3 is 5.97 Å². The molecule has 0 saturated heterocycles. The fourth-order valence-corrected chi connectivity index (χ4v) is 1.88. The Morgan fingerprint density at radius 1 is 1.39 bits per heavy atom. The molecule has 1 amide bonds. The normalized spacial score (nSPS) is 11.6. The van der Waals surface area contributed by atoms with Crippen molar-refractivity contribution in [2.45, 2.75) is 20.0 Å². The minimum absolute atomic E-state index is 0.0622. The van der Waals surface area contributed by atoms with E-state index in [1.54, 1.807) is 13.0 Å². The van der Waals surface area contributed by atoms with Gasteiger partial charge in [0.05, 0.1) is 0 Å². The van der Waals surface area contributed by atoms with Gasteiger partial charge in [0.25, 0.3) is 5.91 Å². The largest absolute Gasteiger partial charge is 0.448 e. The molecule has 0 bridgehead atoms. The third kappa shape index (κ3) is 4.06. The molecular weight excluding hydrogens is 296 g/mol. The molecule has 0 aliphatic heterocycles. The molecule has 0 aliphatic carbocycles. The van der Waals surface area contributed by atoms with Crippen LogP contribution in [-0.2, 0) is 9.53 Å². The number of ether oxygens (including phenoxy) is 1. The van der Waals surface area contributed by atoms with E-state index in [0.717, 1.165) is 5.56 Å². The smallest absolute Gasteiger partial charge is 0.361 e. The number of amides is 1. The Hall–Kier alpha value is -2.89. The predicted octanol–water partition coefficient (Wildman–Crippen LogP) is 2.50. The highest BCUT2D eigenvalue weighted by Crippen LogP contribution is 2.22. The Bertz CT molecular complexity index is 707. The molecule has 6 nitrogen and oxygen atoms in total. The number of hydrogen-bond donors (Lipinski definition) is 1. The van der Waals surface area contributed by atoms with Crippen LogP contribution in [0, 0.1) is 6.92 Å². The van der Waals surface area contributed by atoms with Gasteiger partial charge in [-0.1, -0.05) is 24.3 Å². The summed E-state index contributed by atoms with van der Waals surface area (Å²) in [5, 5.41) is 2.56. The summed E-state index contributed by atoms with van der Waals surface area (Å²) < 4.78 is 10.6. The van der Waals surface area contributed by atoms with Crippen LogP contribution >= 0.6 is 0 Å². The Morgan fingerprint density at radius 2 is 2.09 bits per heavy atom. The number of rotatable bonds is 6. The van der Waals surface area contributed by atoms with E-state index in [1.165, 1.54) is 6.92 Å². The predicted molar refractivity (Wildman–Crippen MR) is 84.8 cm³/mol. The van der Waals surface area contributed by atoms with Crippen LogP contribution in [0.4, 0.5) is 0 Å². The molecule has 0 unspecified atom stereocenters. The maximum Gasteiger partial charge on any atom is 0.361 e. The van der Waals surface area contributed by atoms with Crippen molar-refractivity contribution < 1.29 is 18.7 Å². The van der Waals surface area contributed by atoms with E-state index < -0.39 is 18.0 Å². The maximum absolute atomic E-state index is 12.2. The number of aryl methyl sites for hydroxylation is 1. The van der Waals surface area contributed by atoms with E-state index in [1.807, 2.05) is 30.3 Å². The van der Waals surface area contributed by atoms with Crippen molar-refractivity contribution in [3.8, 4) is 11.5 Å². The van der Waals surface area contributed by atoms with Crippen molar-refractivity contribution in [2.75, 3.05) is 6.54 Å². The molecule has 1 aromatic heterocycles. The maximum atomic E-state index is 12.2. The standard InChI is InChI=1S/C17H18N2O4/c1-4-10-18-15(20)12(3)23-17(21)14-11(2)22-16(19-14)13-8-6-5-7-9-13/h4-9,12H,1,10H2,2-3H3,(H,18,20)/t12-/m0/s1. The van der Waals surface area contributed by atoms with Crippen LogP contribution in [-0.4, -0.2) is 29.5 Å². The van der Waals surface area contributed by atoms with E-state index in [-0.39, 0.29) is 5.69 Å². The van der Waals surface area contributed by atoms with E-state index in [9.17, 15) is 9.59 Å². The molecule has 0 aliphatic rings. The number of oxazole rings is 1. The first-order valence-electron chi connectivity index (χ1n) is 7.15. The van der Waals surface area contributed by atoms with Crippen molar-refractivity contribution in [1.82, 2.24) is 10.3 Å². The van der Waals surface area contributed by atoms with Crippen LogP contribution < -0.4 is 5.32 Å². The van der Waals surface area contributed by atoms with Gasteiger partial charge in [0.2, 0.25) is 5.89 Å². The number of hydrogen-bond acceptors (Lipinski definition) is 5. The van der Waals surface area contributed by atoms with Crippen LogP contribution in [0.25, 0.3) is 11.5 Å². The van der Waals surface area contributed by atoms with Crippen LogP contribution in [0.3, 0.4) is 0 Å². The van der Waals surface area contributed by atoms with Crippen molar-refractivity contribution in [1.29, 1.82) is 0 Å². The van der Waals surface area contributed by atoms with Gasteiger partial charge in [-0.25, -0.2) is 9.78 Å². The first kappa shape index (κ1) is 16.5. The topological polar surface area (TPSA) is 81.4 Å². The first-order chi connectivity index (χ1) is 11.0. The first-order valence-corrected chi connectivity index (χ1v) is 7.15. The highest BCUT2D eigenvalue weighted by molar-refractivity contribution is 5.91. The van der Waals surface area contributed by atoms with Gasteiger partial charge in [-0.15, -0.1) is 6.58 Å². The van der Waals surface area contributed by atoms with Gasteiger partial charge < -0.3 is 14.5 Å². The molecule has 1 aromatic carbocycles. The van der Waals surface area contributed by atoms with Gasteiger partial charge in [0, 0.05) is 12.1 Å². The van der Waals surface area contributed by atoms with E-state index in [2.05, 4.69) is 16.9 Å². The van der Waals surface area contributed by atoms with Crippen LogP contribution in [0.5, 0.6) is 0 Å². The third-order valence-electron chi connectivity index (χ3n) is 3.08. The molecular formula is C17H18N2O4. The number of carbonyl (C=O) groups excluding carboxylic acids is 2. The van der Waals surface area contributed by atoms with Gasteiger partial charge in [0.1, 0.15) is 5.76 Å². The number of carbonyl (C=O) groups is 2. The van der Waals surface area contributed by atoms with Gasteiger partial charge in [0.15, 0.2) is 11.8 Å². The second-order valence-electron chi connectivity index (χ2n) is 4.87. The fourth-order valence-electron chi connectivity index (χ4n) is 1.88. The van der Waals surface area contributed by atoms with Crippen LogP contribution in [0.15, 0.2) is 47.4 Å². The van der Waals surface area contributed by atoms with Crippen molar-refractivity contribution >= 4 is 11.9 Å². The summed E-state index contributed by atoms with van der Waals surface area (Å²) in [6.45, 7) is 6.92. The molecule has 0 saturated carbocycles. The second kappa shape index (κ2) is 7.40. The third-order valence-corrected chi connectivity index (χ3v) is 3.08. The molecule has 1 atom stereocenters. The minimum Gasteiger partial charge on any atom is -0.448 e. The van der Waals surface area contributed by atoms with Gasteiger partial charge in [-0.2, -0.15) is 0 Å². The molecule has 1 heterocycles. The summed E-state index contributed by atoms with van der Waals surface area (Å²) in [7, 11) is 0. The number of nitrogens with zero attached hydrogens (tertiary/aromatic N) is 1. The molecule has 0 fully saturated rings. The lowest BCUT2D eigenvalue weighted by atomic mass is 10.2. The summed E-state index contributed by atoms with van der Waals surface area (Å²) in [6, 6.07) is 9.22. The molecule has 1 N–H and O–H groups in total. The van der Waals surface area contributed by atoms with Crippen molar-refractivity contribution in [3.63, 3.8) is 0 Å². The van der Waals surface area contributed by atoms with Crippen molar-refractivity contribution in [3.05, 3.63) is 54.4 Å². The lowest BCUT2D eigenvalue weighted by molar-refractivity contribution is -0.128. The molecule has 0 radical (unpaired) electrons. The number of nitrogens with one attached hydrogen (secondary N) is 1. The second-order valence-corrected chi connectivity index (χ2v) is 4.87. The Kier molecular flexibility index (Phi) is 5.30. The quantitative estimate of drug-likeness (QED) is 0.654. The summed E-state index contributed by atoms with van der Waals surface area (Å²) in [6.07, 6.45) is 0.610. The summed E-state index contributed by atoms with van der Waals surface area (Å²) in [5.41, 5.74) is 0.818. The number of esters is 1. The molecule has 2 rings (SSSR count). The zero-order valence-corrected chi connectivity index (χ0v) is 13.0. The fraction of sp³-hybridized carbons (Fsp3) is 0.235. The summed E-state index contributed by atoms with van der Waals surface area (Å²) in [4.78, 5) is 28.0. The summed E-state index contributed by atoms with van der Waals surface area (Å²) in [5.74, 6) is -0.427. The van der Waals surface area contributed by atoms with E-state index in [0.29, 0.717) is 18.2 Å². The average molecular weight is 314 g/mol. The molecule has 2 aromatic rings. The number of benzene rings is 1. The Morgan fingerprint density at radius 3 is 2.74 bits per heavy atom. The molecule has 120 valence electrons. The average Bonchev–Trinajstić information content (AvgIpc) is 2.95. The van der Waals surface area contributed by atoms with Crippen LogP contribution in [0.2, 0.25) is 0 Å². The van der Waals surface area contributed by atoms with E-state index >= 15 is 0 Å². The highest BCUT2D eigenvalue weighted by Gasteiger charge is 2.24. The molecule has 0 spiro atoms. The lowest BCUT2D eigenvalue weighted by Crippen LogP contribution is -2.36. The lowest BCUT2D eigenvalue weighted by Gasteiger charge is -2.11. The zero-order chi connectivity index (χ0) is 16.8. The van der Waals surface area contributed by atoms with Gasteiger partial charge in [-0.05, 0) is 26.0 Å². The Balaban J connectivity index is 2.10. The summed E-state index contributed by atoms with van der Waals surface area (Å²) >= 11 is 0. The van der Waals surface area contributed by atoms with Crippen molar-refractivity contribution in [2.24, 2.45) is 0 Å². The SMILES string of the molecule is C=CCNC(=O)[C@H](C)OC(=O)c1nc(-c2ccccc2)oc1C. The minimum atomic E-state index is -0.932. The molecule has 6 heteroatoms. The number of aromatic nitrogens is 1.